The lowest BCUT2D eigenvalue weighted by atomic mass is 9.63. The Labute approximate surface area is 144 Å². The summed E-state index contributed by atoms with van der Waals surface area (Å²) in [6.07, 6.45) is 0.543. The first-order valence-electron chi connectivity index (χ1n) is 8.38. The minimum atomic E-state index is -0.521. The lowest BCUT2D eigenvalue weighted by molar-refractivity contribution is 0.240. The predicted molar refractivity (Wildman–Crippen MR) is 91.1 cm³/mol. The monoisotopic (exact) mass is 330 g/mol. The summed E-state index contributed by atoms with van der Waals surface area (Å²) in [6.45, 7) is 0.0509. The molecular formula is C21H14O4. The first kappa shape index (κ1) is 13.3. The van der Waals surface area contributed by atoms with E-state index in [1.807, 2.05) is 54.6 Å². The molecule has 0 saturated carbocycles. The van der Waals surface area contributed by atoms with Gasteiger partial charge in [-0.3, -0.25) is 0 Å². The highest BCUT2D eigenvalue weighted by Crippen LogP contribution is 2.67. The van der Waals surface area contributed by atoms with Gasteiger partial charge < -0.3 is 19.3 Å². The third kappa shape index (κ3) is 1.43. The molecule has 3 aliphatic heterocycles. The van der Waals surface area contributed by atoms with E-state index in [4.69, 9.17) is 14.2 Å². The zero-order valence-electron chi connectivity index (χ0n) is 13.3. The van der Waals surface area contributed by atoms with Crippen LogP contribution in [0.1, 0.15) is 23.1 Å². The maximum atomic E-state index is 9.99. The highest BCUT2D eigenvalue weighted by Gasteiger charge is 2.54. The van der Waals surface area contributed by atoms with Crippen molar-refractivity contribution >= 4 is 0 Å². The van der Waals surface area contributed by atoms with Crippen molar-refractivity contribution in [3.63, 3.8) is 0 Å². The normalized spacial score (nSPS) is 16.2. The van der Waals surface area contributed by atoms with E-state index in [1.165, 1.54) is 0 Å². The fourth-order valence-corrected chi connectivity index (χ4v) is 4.58. The van der Waals surface area contributed by atoms with Gasteiger partial charge in [-0.05, 0) is 42.8 Å². The van der Waals surface area contributed by atoms with Gasteiger partial charge in [-0.1, -0.05) is 18.2 Å². The topological polar surface area (TPSA) is 47.9 Å². The third-order valence-corrected chi connectivity index (χ3v) is 5.39. The van der Waals surface area contributed by atoms with Gasteiger partial charge in [0.25, 0.3) is 0 Å². The van der Waals surface area contributed by atoms with Gasteiger partial charge in [-0.25, -0.2) is 0 Å². The average molecular weight is 330 g/mol. The van der Waals surface area contributed by atoms with Crippen molar-refractivity contribution in [2.45, 2.75) is 11.8 Å². The fraction of sp³-hybridized carbons (Fsp3) is 0.143. The third-order valence-electron chi connectivity index (χ3n) is 5.39. The Hall–Kier alpha value is -2.98. The molecule has 3 aromatic carbocycles. The van der Waals surface area contributed by atoms with Crippen LogP contribution < -0.4 is 14.2 Å². The number of ether oxygens (including phenoxy) is 3. The Morgan fingerprint density at radius 3 is 1.20 bits per heavy atom. The van der Waals surface area contributed by atoms with E-state index in [0.29, 0.717) is 6.42 Å². The summed E-state index contributed by atoms with van der Waals surface area (Å²) < 4.78 is 18.5. The Morgan fingerprint density at radius 2 is 0.920 bits per heavy atom. The molecule has 3 aliphatic rings. The van der Waals surface area contributed by atoms with E-state index in [-0.39, 0.29) is 6.61 Å². The summed E-state index contributed by atoms with van der Waals surface area (Å²) in [5.41, 5.74) is 2.42. The molecule has 4 heteroatoms. The van der Waals surface area contributed by atoms with Crippen LogP contribution in [0.5, 0.6) is 34.5 Å². The fourth-order valence-electron chi connectivity index (χ4n) is 4.58. The zero-order valence-corrected chi connectivity index (χ0v) is 13.3. The van der Waals surface area contributed by atoms with Crippen molar-refractivity contribution in [2.75, 3.05) is 6.61 Å². The summed E-state index contributed by atoms with van der Waals surface area (Å²) in [5.74, 6) is 4.66. The Morgan fingerprint density at radius 1 is 0.600 bits per heavy atom. The second-order valence-electron chi connectivity index (χ2n) is 6.57. The molecule has 0 unspecified atom stereocenters. The lowest BCUT2D eigenvalue weighted by Gasteiger charge is -2.47. The molecule has 25 heavy (non-hydrogen) atoms. The summed E-state index contributed by atoms with van der Waals surface area (Å²) in [4.78, 5) is 0. The molecule has 0 amide bonds. The van der Waals surface area contributed by atoms with E-state index in [1.54, 1.807) is 0 Å². The Bertz CT molecular complexity index is 863. The van der Waals surface area contributed by atoms with E-state index in [9.17, 15) is 5.11 Å². The molecule has 1 N–H and O–H groups in total. The Kier molecular flexibility index (Phi) is 2.32. The number of aliphatic hydroxyl groups is 1. The van der Waals surface area contributed by atoms with E-state index < -0.39 is 5.41 Å². The average Bonchev–Trinajstić information content (AvgIpc) is 2.62. The second-order valence-corrected chi connectivity index (χ2v) is 6.57. The molecule has 6 rings (SSSR count). The lowest BCUT2D eigenvalue weighted by Crippen LogP contribution is -2.39. The zero-order chi connectivity index (χ0) is 16.6. The van der Waals surface area contributed by atoms with Gasteiger partial charge in [0, 0.05) is 6.61 Å². The number of hydrogen-bond acceptors (Lipinski definition) is 4. The first-order chi connectivity index (χ1) is 12.3. The van der Waals surface area contributed by atoms with Gasteiger partial charge in [0.2, 0.25) is 0 Å². The van der Waals surface area contributed by atoms with Gasteiger partial charge in [0.1, 0.15) is 34.5 Å². The molecule has 0 atom stereocenters. The second kappa shape index (κ2) is 4.35. The molecule has 3 aromatic rings. The number of hydrogen-bond donors (Lipinski definition) is 1. The van der Waals surface area contributed by atoms with Crippen LogP contribution in [0, 0.1) is 0 Å². The van der Waals surface area contributed by atoms with E-state index in [2.05, 4.69) is 0 Å². The van der Waals surface area contributed by atoms with Crippen LogP contribution >= 0.6 is 0 Å². The molecule has 0 aromatic heterocycles. The van der Waals surface area contributed by atoms with Crippen molar-refractivity contribution in [1.29, 1.82) is 0 Å². The molecule has 0 radical (unpaired) electrons. The SMILES string of the molecule is OCCC12c3c4cccc3Oc3cccc(c31)Oc1cccc(c12)O4. The van der Waals surface area contributed by atoms with Crippen LogP contribution in [0.3, 0.4) is 0 Å². The van der Waals surface area contributed by atoms with Gasteiger partial charge in [0.15, 0.2) is 0 Å². The largest absolute Gasteiger partial charge is 0.456 e. The van der Waals surface area contributed by atoms with Crippen molar-refractivity contribution < 1.29 is 19.3 Å². The van der Waals surface area contributed by atoms with Gasteiger partial charge >= 0.3 is 0 Å². The molecular weight excluding hydrogens is 316 g/mol. The van der Waals surface area contributed by atoms with Crippen LogP contribution in [0.15, 0.2) is 54.6 Å². The predicted octanol–water partition coefficient (Wildman–Crippen LogP) is 4.72. The van der Waals surface area contributed by atoms with Crippen LogP contribution in [-0.2, 0) is 5.41 Å². The summed E-state index contributed by atoms with van der Waals surface area (Å²) >= 11 is 0. The quantitative estimate of drug-likeness (QED) is 0.578. The smallest absolute Gasteiger partial charge is 0.135 e. The minimum Gasteiger partial charge on any atom is -0.456 e. The van der Waals surface area contributed by atoms with Crippen LogP contribution in [0.25, 0.3) is 0 Å². The van der Waals surface area contributed by atoms with Crippen LogP contribution in [0.2, 0.25) is 0 Å². The van der Waals surface area contributed by atoms with Gasteiger partial charge in [-0.15, -0.1) is 0 Å². The maximum absolute atomic E-state index is 9.99. The highest BCUT2D eigenvalue weighted by atomic mass is 16.5. The number of aliphatic hydroxyl groups excluding tert-OH is 1. The summed E-state index contributed by atoms with van der Waals surface area (Å²) in [5, 5.41) is 9.99. The molecule has 0 spiro atoms. The van der Waals surface area contributed by atoms with Crippen molar-refractivity contribution in [1.82, 2.24) is 0 Å². The molecule has 0 bridgehead atoms. The van der Waals surface area contributed by atoms with E-state index >= 15 is 0 Å². The molecule has 0 saturated heterocycles. The van der Waals surface area contributed by atoms with Crippen LogP contribution in [-0.4, -0.2) is 11.7 Å². The van der Waals surface area contributed by atoms with E-state index in [0.717, 1.165) is 51.2 Å². The molecule has 3 heterocycles. The van der Waals surface area contributed by atoms with Gasteiger partial charge in [0.05, 0.1) is 22.1 Å². The number of benzene rings is 3. The molecule has 0 fully saturated rings. The Balaban J connectivity index is 1.85. The van der Waals surface area contributed by atoms with Crippen molar-refractivity contribution in [3.05, 3.63) is 71.3 Å². The van der Waals surface area contributed by atoms with Crippen molar-refractivity contribution in [2.24, 2.45) is 0 Å². The van der Waals surface area contributed by atoms with Crippen molar-refractivity contribution in [3.8, 4) is 34.5 Å². The highest BCUT2D eigenvalue weighted by molar-refractivity contribution is 5.78. The first-order valence-corrected chi connectivity index (χ1v) is 8.38. The summed E-state index contributed by atoms with van der Waals surface area (Å²) in [6, 6.07) is 17.6. The minimum absolute atomic E-state index is 0.0509. The van der Waals surface area contributed by atoms with Gasteiger partial charge in [-0.2, -0.15) is 0 Å². The molecule has 0 aliphatic carbocycles. The number of rotatable bonds is 2. The van der Waals surface area contributed by atoms with Crippen LogP contribution in [0.4, 0.5) is 0 Å². The molecule has 122 valence electrons. The standard InChI is InChI=1S/C21H14O4/c22-11-10-21-18-12-4-1-5-13(18)24-15-7-3-9-17(20(15)21)25-16-8-2-6-14(23-12)19(16)21/h1-9,22H,10-11H2. The maximum Gasteiger partial charge on any atom is 0.135 e. The summed E-state index contributed by atoms with van der Waals surface area (Å²) in [7, 11) is 0. The molecule has 4 nitrogen and oxygen atoms in total.